The molecule has 0 unspecified atom stereocenters. The summed E-state index contributed by atoms with van der Waals surface area (Å²) in [4.78, 5) is 26.0. The van der Waals surface area contributed by atoms with E-state index < -0.39 is 5.97 Å². The van der Waals surface area contributed by atoms with Crippen molar-refractivity contribution in [3.63, 3.8) is 0 Å². The van der Waals surface area contributed by atoms with Gasteiger partial charge in [-0.2, -0.15) is 11.3 Å². The van der Waals surface area contributed by atoms with Crippen molar-refractivity contribution in [3.8, 4) is 0 Å². The van der Waals surface area contributed by atoms with E-state index in [2.05, 4.69) is 10.3 Å². The molecule has 94 valence electrons. The van der Waals surface area contributed by atoms with Crippen LogP contribution in [0.4, 0.5) is 0 Å². The first kappa shape index (κ1) is 12.7. The standard InChI is InChI=1S/C11H10N2O3S2/c14-9(10-13-8(6-18-10)11(15)16)12-3-1-7-2-4-17-5-7/h2,4-6H,1,3H2,(H,12,14)(H,15,16). The summed E-state index contributed by atoms with van der Waals surface area (Å²) >= 11 is 2.65. The molecule has 1 amide bonds. The first-order valence-corrected chi connectivity index (χ1v) is 6.97. The van der Waals surface area contributed by atoms with Crippen LogP contribution in [0.5, 0.6) is 0 Å². The molecular weight excluding hydrogens is 272 g/mol. The first-order valence-electron chi connectivity index (χ1n) is 5.15. The molecule has 0 aromatic carbocycles. The molecule has 5 nitrogen and oxygen atoms in total. The number of aromatic nitrogens is 1. The van der Waals surface area contributed by atoms with E-state index in [9.17, 15) is 9.59 Å². The van der Waals surface area contributed by atoms with Crippen LogP contribution in [0.1, 0.15) is 25.9 Å². The summed E-state index contributed by atoms with van der Waals surface area (Å²) in [6.45, 7) is 0.511. The van der Waals surface area contributed by atoms with Crippen LogP contribution in [-0.2, 0) is 6.42 Å². The van der Waals surface area contributed by atoms with Gasteiger partial charge in [0.2, 0.25) is 0 Å². The highest BCUT2D eigenvalue weighted by Crippen LogP contribution is 2.10. The van der Waals surface area contributed by atoms with Crippen LogP contribution in [0.2, 0.25) is 0 Å². The van der Waals surface area contributed by atoms with Crippen molar-refractivity contribution in [1.29, 1.82) is 0 Å². The number of hydrogen-bond donors (Lipinski definition) is 2. The van der Waals surface area contributed by atoms with Crippen LogP contribution in [-0.4, -0.2) is 28.5 Å². The number of carboxylic acid groups (broad SMARTS) is 1. The van der Waals surface area contributed by atoms with E-state index in [0.717, 1.165) is 17.8 Å². The summed E-state index contributed by atoms with van der Waals surface area (Å²) in [6.07, 6.45) is 0.756. The van der Waals surface area contributed by atoms with Gasteiger partial charge in [0.25, 0.3) is 5.91 Å². The zero-order valence-electron chi connectivity index (χ0n) is 9.25. The van der Waals surface area contributed by atoms with Crippen molar-refractivity contribution in [2.75, 3.05) is 6.54 Å². The number of carbonyl (C=O) groups is 2. The Hall–Kier alpha value is -1.73. The lowest BCUT2D eigenvalue weighted by Gasteiger charge is -2.01. The Balaban J connectivity index is 1.85. The van der Waals surface area contributed by atoms with Crippen LogP contribution in [0, 0.1) is 0 Å². The van der Waals surface area contributed by atoms with Gasteiger partial charge in [-0.15, -0.1) is 11.3 Å². The number of nitrogens with zero attached hydrogens (tertiary/aromatic N) is 1. The maximum Gasteiger partial charge on any atom is 0.355 e. The molecule has 0 fully saturated rings. The van der Waals surface area contributed by atoms with Crippen molar-refractivity contribution >= 4 is 34.6 Å². The molecule has 0 bridgehead atoms. The number of nitrogens with one attached hydrogen (secondary N) is 1. The first-order chi connectivity index (χ1) is 8.66. The lowest BCUT2D eigenvalue weighted by atomic mass is 10.2. The van der Waals surface area contributed by atoms with Crippen LogP contribution >= 0.6 is 22.7 Å². The molecule has 2 aromatic rings. The summed E-state index contributed by atoms with van der Waals surface area (Å²) in [6, 6.07) is 2.00. The lowest BCUT2D eigenvalue weighted by Crippen LogP contribution is -2.25. The van der Waals surface area contributed by atoms with E-state index in [1.807, 2.05) is 16.8 Å². The van der Waals surface area contributed by atoms with Gasteiger partial charge in [-0.3, -0.25) is 4.79 Å². The Bertz CT molecular complexity index is 548. The molecule has 2 N–H and O–H groups in total. The molecule has 7 heteroatoms. The van der Waals surface area contributed by atoms with Crippen molar-refractivity contribution in [3.05, 3.63) is 38.5 Å². The van der Waals surface area contributed by atoms with Gasteiger partial charge >= 0.3 is 5.97 Å². The maximum atomic E-state index is 11.7. The Morgan fingerprint density at radius 2 is 2.22 bits per heavy atom. The SMILES string of the molecule is O=C(O)c1csc(C(=O)NCCc2ccsc2)n1. The largest absolute Gasteiger partial charge is 0.476 e. The van der Waals surface area contributed by atoms with Crippen LogP contribution in [0.3, 0.4) is 0 Å². The minimum absolute atomic E-state index is 0.0945. The van der Waals surface area contributed by atoms with E-state index in [1.165, 1.54) is 10.9 Å². The molecule has 0 saturated heterocycles. The smallest absolute Gasteiger partial charge is 0.355 e. The fraction of sp³-hybridized carbons (Fsp3) is 0.182. The lowest BCUT2D eigenvalue weighted by molar-refractivity contribution is 0.0691. The van der Waals surface area contributed by atoms with Gasteiger partial charge in [-0.05, 0) is 28.8 Å². The highest BCUT2D eigenvalue weighted by molar-refractivity contribution is 7.11. The van der Waals surface area contributed by atoms with Crippen molar-refractivity contribution in [2.45, 2.75) is 6.42 Å². The van der Waals surface area contributed by atoms with E-state index in [0.29, 0.717) is 6.54 Å². The van der Waals surface area contributed by atoms with E-state index >= 15 is 0 Å². The Labute approximate surface area is 111 Å². The molecule has 0 saturated carbocycles. The molecule has 2 rings (SSSR count). The number of carboxylic acids is 1. The molecule has 0 spiro atoms. The third-order valence-electron chi connectivity index (χ3n) is 2.20. The molecule has 2 aromatic heterocycles. The number of thiazole rings is 1. The number of amides is 1. The number of hydrogen-bond acceptors (Lipinski definition) is 5. The monoisotopic (exact) mass is 282 g/mol. The summed E-state index contributed by atoms with van der Waals surface area (Å²) < 4.78 is 0. The molecule has 2 heterocycles. The number of rotatable bonds is 5. The maximum absolute atomic E-state index is 11.7. The summed E-state index contributed by atoms with van der Waals surface area (Å²) in [5.41, 5.74) is 1.08. The zero-order chi connectivity index (χ0) is 13.0. The minimum atomic E-state index is -1.12. The summed E-state index contributed by atoms with van der Waals surface area (Å²) in [5, 5.41) is 16.9. The predicted octanol–water partition coefficient (Wildman–Crippen LogP) is 1.88. The summed E-state index contributed by atoms with van der Waals surface area (Å²) in [7, 11) is 0. The zero-order valence-corrected chi connectivity index (χ0v) is 10.9. The average Bonchev–Trinajstić information content (AvgIpc) is 2.99. The molecule has 18 heavy (non-hydrogen) atoms. The van der Waals surface area contributed by atoms with E-state index in [-0.39, 0.29) is 16.6 Å². The number of carbonyl (C=O) groups excluding carboxylic acids is 1. The minimum Gasteiger partial charge on any atom is -0.476 e. The van der Waals surface area contributed by atoms with Crippen molar-refractivity contribution in [1.82, 2.24) is 10.3 Å². The molecular formula is C11H10N2O3S2. The van der Waals surface area contributed by atoms with Crippen LogP contribution in [0.15, 0.2) is 22.2 Å². The van der Waals surface area contributed by atoms with Gasteiger partial charge in [-0.25, -0.2) is 9.78 Å². The fourth-order valence-corrected chi connectivity index (χ4v) is 2.72. The topological polar surface area (TPSA) is 79.3 Å². The molecule has 0 radical (unpaired) electrons. The van der Waals surface area contributed by atoms with Crippen molar-refractivity contribution in [2.24, 2.45) is 0 Å². The number of aromatic carboxylic acids is 1. The molecule has 0 atom stereocenters. The van der Waals surface area contributed by atoms with Gasteiger partial charge in [0.05, 0.1) is 0 Å². The van der Waals surface area contributed by atoms with Gasteiger partial charge < -0.3 is 10.4 Å². The quantitative estimate of drug-likeness (QED) is 0.877. The second-order valence-electron chi connectivity index (χ2n) is 3.48. The Kier molecular flexibility index (Phi) is 4.06. The second kappa shape index (κ2) is 5.74. The van der Waals surface area contributed by atoms with E-state index in [1.54, 1.807) is 11.3 Å². The van der Waals surface area contributed by atoms with Gasteiger partial charge in [0, 0.05) is 11.9 Å². The second-order valence-corrected chi connectivity index (χ2v) is 5.12. The molecule has 0 aliphatic rings. The van der Waals surface area contributed by atoms with Gasteiger partial charge in [0.1, 0.15) is 0 Å². The Morgan fingerprint density at radius 3 is 2.83 bits per heavy atom. The number of thiophene rings is 1. The normalized spacial score (nSPS) is 10.2. The van der Waals surface area contributed by atoms with Crippen LogP contribution < -0.4 is 5.32 Å². The molecule has 0 aliphatic heterocycles. The predicted molar refractivity (Wildman–Crippen MR) is 69.4 cm³/mol. The van der Waals surface area contributed by atoms with Crippen molar-refractivity contribution < 1.29 is 14.7 Å². The van der Waals surface area contributed by atoms with E-state index in [4.69, 9.17) is 5.11 Å². The highest BCUT2D eigenvalue weighted by atomic mass is 32.1. The third kappa shape index (κ3) is 3.14. The van der Waals surface area contributed by atoms with Gasteiger partial charge in [-0.1, -0.05) is 0 Å². The summed E-state index contributed by atoms with van der Waals surface area (Å²) in [5.74, 6) is -1.45. The van der Waals surface area contributed by atoms with Gasteiger partial charge in [0.15, 0.2) is 10.7 Å². The fourth-order valence-electron chi connectivity index (χ4n) is 1.31. The Morgan fingerprint density at radius 1 is 1.39 bits per heavy atom. The average molecular weight is 282 g/mol. The van der Waals surface area contributed by atoms with Crippen LogP contribution in [0.25, 0.3) is 0 Å². The highest BCUT2D eigenvalue weighted by Gasteiger charge is 2.14. The molecule has 0 aliphatic carbocycles. The third-order valence-corrected chi connectivity index (χ3v) is 3.77.